The summed E-state index contributed by atoms with van der Waals surface area (Å²) in [5, 5.41) is 0. The summed E-state index contributed by atoms with van der Waals surface area (Å²) < 4.78 is 77.0. The summed E-state index contributed by atoms with van der Waals surface area (Å²) in [5.41, 5.74) is -1.55. The Bertz CT molecular complexity index is 530. The molecule has 1 aliphatic rings. The van der Waals surface area contributed by atoms with Crippen LogP contribution in [0.3, 0.4) is 0 Å². The molecule has 0 aromatic heterocycles. The van der Waals surface area contributed by atoms with Crippen LogP contribution in [0.5, 0.6) is 0 Å². The molecular weight excluding hydrogens is 318 g/mol. The molecule has 128 valence electrons. The van der Waals surface area contributed by atoms with Crippen molar-refractivity contribution in [3.8, 4) is 0 Å². The van der Waals surface area contributed by atoms with Crippen LogP contribution in [0.25, 0.3) is 0 Å². The van der Waals surface area contributed by atoms with E-state index in [9.17, 15) is 26.3 Å². The third-order valence-corrected chi connectivity index (χ3v) is 4.28. The van der Waals surface area contributed by atoms with Gasteiger partial charge in [0.1, 0.15) is 17.2 Å². The molecule has 0 N–H and O–H groups in total. The average Bonchev–Trinajstić information content (AvgIpc) is 2.46. The quantitative estimate of drug-likeness (QED) is 0.455. The van der Waals surface area contributed by atoms with Gasteiger partial charge in [-0.1, -0.05) is 12.2 Å². The Morgan fingerprint density at radius 3 is 2.04 bits per heavy atom. The topological polar surface area (TPSA) is 0 Å². The summed E-state index contributed by atoms with van der Waals surface area (Å²) in [7, 11) is 0. The number of hydrogen-bond acceptors (Lipinski definition) is 0. The van der Waals surface area contributed by atoms with E-state index in [0.29, 0.717) is 25.2 Å². The lowest BCUT2D eigenvalue weighted by atomic mass is 9.78. The maximum atomic E-state index is 13.6. The number of halogens is 6. The standard InChI is InChI=1S/C17H18F6/c18-8-2-1-3-11-4-6-12(7-5-11)13-9-14(19)16(15(20)10-13)17(21,22)23/h1,3,9-12H,2,4-8H2/b3-1+. The van der Waals surface area contributed by atoms with Gasteiger partial charge < -0.3 is 0 Å². The minimum absolute atomic E-state index is 0.146. The molecule has 0 heterocycles. The van der Waals surface area contributed by atoms with Crippen LogP contribution in [0.1, 0.15) is 49.1 Å². The van der Waals surface area contributed by atoms with Crippen molar-refractivity contribution in [3.05, 3.63) is 47.0 Å². The Morgan fingerprint density at radius 1 is 1.00 bits per heavy atom. The molecule has 0 atom stereocenters. The lowest BCUT2D eigenvalue weighted by Crippen LogP contribution is -2.15. The van der Waals surface area contributed by atoms with Crippen molar-refractivity contribution in [2.24, 2.45) is 5.92 Å². The molecule has 1 fully saturated rings. The number of rotatable bonds is 4. The fourth-order valence-electron chi connectivity index (χ4n) is 3.10. The van der Waals surface area contributed by atoms with E-state index in [4.69, 9.17) is 0 Å². The molecule has 0 amide bonds. The van der Waals surface area contributed by atoms with Crippen LogP contribution in [0.2, 0.25) is 0 Å². The van der Waals surface area contributed by atoms with Crippen LogP contribution >= 0.6 is 0 Å². The molecule has 0 aliphatic heterocycles. The fraction of sp³-hybridized carbons (Fsp3) is 0.529. The second-order valence-electron chi connectivity index (χ2n) is 5.87. The number of alkyl halides is 4. The highest BCUT2D eigenvalue weighted by atomic mass is 19.4. The van der Waals surface area contributed by atoms with Gasteiger partial charge in [0.05, 0.1) is 6.67 Å². The largest absolute Gasteiger partial charge is 0.422 e. The van der Waals surface area contributed by atoms with Gasteiger partial charge in [-0.05, 0) is 61.6 Å². The first-order valence-corrected chi connectivity index (χ1v) is 7.61. The second kappa shape index (κ2) is 7.41. The highest BCUT2D eigenvalue weighted by Gasteiger charge is 2.38. The van der Waals surface area contributed by atoms with E-state index >= 15 is 0 Å². The number of allylic oxidation sites excluding steroid dienone is 2. The lowest BCUT2D eigenvalue weighted by Gasteiger charge is -2.27. The van der Waals surface area contributed by atoms with Gasteiger partial charge in [-0.15, -0.1) is 0 Å². The van der Waals surface area contributed by atoms with E-state index in [0.717, 1.165) is 25.0 Å². The first-order chi connectivity index (χ1) is 10.8. The summed E-state index contributed by atoms with van der Waals surface area (Å²) in [5.74, 6) is -2.97. The fourth-order valence-corrected chi connectivity index (χ4v) is 3.10. The summed E-state index contributed by atoms with van der Waals surface area (Å²) in [6.45, 7) is -0.407. The Morgan fingerprint density at radius 2 is 1.57 bits per heavy atom. The first kappa shape index (κ1) is 17.9. The van der Waals surface area contributed by atoms with E-state index in [-0.39, 0.29) is 11.5 Å². The van der Waals surface area contributed by atoms with Crippen molar-refractivity contribution in [2.45, 2.75) is 44.2 Å². The smallest absolute Gasteiger partial charge is 0.251 e. The van der Waals surface area contributed by atoms with E-state index in [2.05, 4.69) is 0 Å². The van der Waals surface area contributed by atoms with Crippen LogP contribution in [0.4, 0.5) is 26.3 Å². The Balaban J connectivity index is 2.07. The van der Waals surface area contributed by atoms with Gasteiger partial charge in [0.15, 0.2) is 0 Å². The van der Waals surface area contributed by atoms with Crippen LogP contribution in [0, 0.1) is 17.6 Å². The van der Waals surface area contributed by atoms with Gasteiger partial charge >= 0.3 is 6.18 Å². The van der Waals surface area contributed by atoms with Gasteiger partial charge in [0.25, 0.3) is 0 Å². The Hall–Kier alpha value is -1.46. The van der Waals surface area contributed by atoms with Crippen molar-refractivity contribution < 1.29 is 26.3 Å². The van der Waals surface area contributed by atoms with Gasteiger partial charge in [0, 0.05) is 0 Å². The molecular formula is C17H18F6. The van der Waals surface area contributed by atoms with Crippen LogP contribution < -0.4 is 0 Å². The zero-order valence-corrected chi connectivity index (χ0v) is 12.5. The van der Waals surface area contributed by atoms with Crippen LogP contribution in [-0.4, -0.2) is 6.67 Å². The summed E-state index contributed by atoms with van der Waals surface area (Å²) in [4.78, 5) is 0. The second-order valence-corrected chi connectivity index (χ2v) is 5.87. The average molecular weight is 336 g/mol. The molecule has 0 bridgehead atoms. The van der Waals surface area contributed by atoms with Crippen molar-refractivity contribution in [2.75, 3.05) is 6.67 Å². The minimum atomic E-state index is -5.04. The Labute approximate surface area is 131 Å². The van der Waals surface area contributed by atoms with E-state index < -0.39 is 30.0 Å². The maximum Gasteiger partial charge on any atom is 0.422 e. The molecule has 2 rings (SSSR count). The maximum absolute atomic E-state index is 13.6. The SMILES string of the molecule is FCC/C=C/C1CCC(c2cc(F)c(C(F)(F)F)c(F)c2)CC1. The van der Waals surface area contributed by atoms with Crippen LogP contribution in [0.15, 0.2) is 24.3 Å². The highest BCUT2D eigenvalue weighted by molar-refractivity contribution is 5.30. The third-order valence-electron chi connectivity index (χ3n) is 4.28. The highest BCUT2D eigenvalue weighted by Crippen LogP contribution is 2.39. The van der Waals surface area contributed by atoms with Crippen molar-refractivity contribution in [1.82, 2.24) is 0 Å². The lowest BCUT2D eigenvalue weighted by molar-refractivity contribution is -0.142. The molecule has 1 saturated carbocycles. The molecule has 6 heteroatoms. The molecule has 0 nitrogen and oxygen atoms in total. The third kappa shape index (κ3) is 4.52. The van der Waals surface area contributed by atoms with E-state index in [1.807, 2.05) is 6.08 Å². The van der Waals surface area contributed by atoms with E-state index in [1.165, 1.54) is 0 Å². The monoisotopic (exact) mass is 336 g/mol. The van der Waals surface area contributed by atoms with Crippen LogP contribution in [-0.2, 0) is 6.18 Å². The van der Waals surface area contributed by atoms with Gasteiger partial charge in [-0.2, -0.15) is 13.2 Å². The van der Waals surface area contributed by atoms with Crippen molar-refractivity contribution >= 4 is 0 Å². The molecule has 0 unspecified atom stereocenters. The summed E-state index contributed by atoms with van der Waals surface area (Å²) in [6.07, 6.45) is 1.91. The molecule has 1 aromatic carbocycles. The Kier molecular flexibility index (Phi) is 5.76. The molecule has 0 radical (unpaired) electrons. The molecule has 0 spiro atoms. The summed E-state index contributed by atoms with van der Waals surface area (Å²) >= 11 is 0. The van der Waals surface area contributed by atoms with Gasteiger partial charge in [-0.25, -0.2) is 8.78 Å². The number of hydrogen-bond donors (Lipinski definition) is 0. The molecule has 23 heavy (non-hydrogen) atoms. The minimum Gasteiger partial charge on any atom is -0.251 e. The predicted octanol–water partition coefficient (Wildman–Crippen LogP) is 6.17. The van der Waals surface area contributed by atoms with Crippen molar-refractivity contribution in [3.63, 3.8) is 0 Å². The number of benzene rings is 1. The zero-order valence-electron chi connectivity index (χ0n) is 12.5. The summed E-state index contributed by atoms with van der Waals surface area (Å²) in [6, 6.07) is 1.60. The van der Waals surface area contributed by atoms with Gasteiger partial charge in [-0.3, -0.25) is 4.39 Å². The predicted molar refractivity (Wildman–Crippen MR) is 75.8 cm³/mol. The first-order valence-electron chi connectivity index (χ1n) is 7.61. The van der Waals surface area contributed by atoms with E-state index in [1.54, 1.807) is 6.08 Å². The molecule has 0 saturated heterocycles. The van der Waals surface area contributed by atoms with Crippen molar-refractivity contribution in [1.29, 1.82) is 0 Å². The molecule has 1 aliphatic carbocycles. The zero-order chi connectivity index (χ0) is 17.0. The van der Waals surface area contributed by atoms with Gasteiger partial charge in [0.2, 0.25) is 0 Å². The normalized spacial score (nSPS) is 22.7. The molecule has 1 aromatic rings.